The van der Waals surface area contributed by atoms with Crippen molar-refractivity contribution in [1.29, 1.82) is 0 Å². The van der Waals surface area contributed by atoms with E-state index in [1.165, 1.54) is 0 Å². The van der Waals surface area contributed by atoms with Crippen LogP contribution >= 0.6 is 0 Å². The van der Waals surface area contributed by atoms with Gasteiger partial charge in [0.25, 0.3) is 0 Å². The maximum absolute atomic E-state index is 5.61. The Morgan fingerprint density at radius 3 is 3.00 bits per heavy atom. The van der Waals surface area contributed by atoms with E-state index in [9.17, 15) is 0 Å². The fraction of sp³-hybridized carbons (Fsp3) is 0.417. The average molecular weight is 220 g/mol. The minimum absolute atomic E-state index is 0.716. The highest BCUT2D eigenvalue weighted by Crippen LogP contribution is 2.21. The molecule has 1 heterocycles. The van der Waals surface area contributed by atoms with Gasteiger partial charge in [-0.1, -0.05) is 0 Å². The van der Waals surface area contributed by atoms with Gasteiger partial charge in [-0.25, -0.2) is 4.98 Å². The second kappa shape index (κ2) is 4.99. The Morgan fingerprint density at radius 1 is 1.38 bits per heavy atom. The van der Waals surface area contributed by atoms with E-state index in [1.807, 2.05) is 18.2 Å². The van der Waals surface area contributed by atoms with Gasteiger partial charge in [-0.2, -0.15) is 0 Å². The zero-order valence-electron chi connectivity index (χ0n) is 9.40. The van der Waals surface area contributed by atoms with Gasteiger partial charge < -0.3 is 14.9 Å². The molecular formula is C12H16N2O2. The number of hydrogen-bond acceptors (Lipinski definition) is 4. The molecule has 2 N–H and O–H groups in total. The first kappa shape index (κ1) is 11.0. The summed E-state index contributed by atoms with van der Waals surface area (Å²) in [5.74, 6) is 1.58. The molecule has 0 amide bonds. The van der Waals surface area contributed by atoms with Crippen molar-refractivity contribution >= 4 is 11.1 Å². The number of unbranched alkanes of at least 4 members (excludes halogenated alkanes) is 1. The molecule has 0 fully saturated rings. The van der Waals surface area contributed by atoms with Gasteiger partial charge in [0.05, 0.1) is 7.11 Å². The van der Waals surface area contributed by atoms with Crippen molar-refractivity contribution < 1.29 is 9.15 Å². The minimum atomic E-state index is 0.716. The average Bonchev–Trinajstić information content (AvgIpc) is 2.70. The number of methoxy groups -OCH3 is 1. The van der Waals surface area contributed by atoms with Gasteiger partial charge in [0.1, 0.15) is 11.3 Å². The standard InChI is InChI=1S/C12H16N2O2/c1-15-9-5-6-11-10(8-9)14-12(16-11)4-2-3-7-13/h5-6,8H,2-4,7,13H2,1H3. The van der Waals surface area contributed by atoms with Gasteiger partial charge in [0.2, 0.25) is 0 Å². The van der Waals surface area contributed by atoms with Crippen LogP contribution in [0.3, 0.4) is 0 Å². The number of fused-ring (bicyclic) bond motifs is 1. The molecule has 0 unspecified atom stereocenters. The van der Waals surface area contributed by atoms with E-state index in [2.05, 4.69) is 4.98 Å². The van der Waals surface area contributed by atoms with E-state index in [-0.39, 0.29) is 0 Å². The summed E-state index contributed by atoms with van der Waals surface area (Å²) in [6.07, 6.45) is 2.86. The Morgan fingerprint density at radius 2 is 2.25 bits per heavy atom. The van der Waals surface area contributed by atoms with Crippen LogP contribution < -0.4 is 10.5 Å². The third-order valence-corrected chi connectivity index (χ3v) is 2.48. The summed E-state index contributed by atoms with van der Waals surface area (Å²) in [5.41, 5.74) is 7.10. The van der Waals surface area contributed by atoms with Crippen molar-refractivity contribution in [2.45, 2.75) is 19.3 Å². The molecular weight excluding hydrogens is 204 g/mol. The monoisotopic (exact) mass is 220 g/mol. The van der Waals surface area contributed by atoms with Crippen LogP contribution in [0.5, 0.6) is 5.75 Å². The van der Waals surface area contributed by atoms with Gasteiger partial charge in [-0.15, -0.1) is 0 Å². The molecule has 0 aliphatic rings. The number of rotatable bonds is 5. The summed E-state index contributed by atoms with van der Waals surface area (Å²) < 4.78 is 10.7. The second-order valence-corrected chi connectivity index (χ2v) is 3.69. The number of oxazole rings is 1. The summed E-state index contributed by atoms with van der Waals surface area (Å²) in [5, 5.41) is 0. The van der Waals surface area contributed by atoms with Crippen LogP contribution in [0.1, 0.15) is 18.7 Å². The molecule has 2 aromatic rings. The molecule has 0 saturated heterocycles. The molecule has 2 rings (SSSR count). The van der Waals surface area contributed by atoms with Crippen molar-refractivity contribution in [3.8, 4) is 5.75 Å². The van der Waals surface area contributed by atoms with Crippen LogP contribution in [-0.4, -0.2) is 18.6 Å². The highest BCUT2D eigenvalue weighted by molar-refractivity contribution is 5.74. The van der Waals surface area contributed by atoms with Crippen molar-refractivity contribution in [2.75, 3.05) is 13.7 Å². The van der Waals surface area contributed by atoms with Gasteiger partial charge in [0, 0.05) is 12.5 Å². The Labute approximate surface area is 94.4 Å². The van der Waals surface area contributed by atoms with Crippen LogP contribution in [-0.2, 0) is 6.42 Å². The first-order valence-corrected chi connectivity index (χ1v) is 5.47. The largest absolute Gasteiger partial charge is 0.497 e. The maximum atomic E-state index is 5.61. The van der Waals surface area contributed by atoms with Crippen molar-refractivity contribution in [1.82, 2.24) is 4.98 Å². The first-order chi connectivity index (χ1) is 7.83. The molecule has 4 nitrogen and oxygen atoms in total. The summed E-state index contributed by atoms with van der Waals surface area (Å²) >= 11 is 0. The molecule has 4 heteroatoms. The summed E-state index contributed by atoms with van der Waals surface area (Å²) in [7, 11) is 1.64. The van der Waals surface area contributed by atoms with E-state index in [1.54, 1.807) is 7.11 Å². The number of nitrogens with zero attached hydrogens (tertiary/aromatic N) is 1. The SMILES string of the molecule is COc1ccc2oc(CCCCN)nc2c1. The van der Waals surface area contributed by atoms with Gasteiger partial charge in [0.15, 0.2) is 11.5 Å². The molecule has 16 heavy (non-hydrogen) atoms. The topological polar surface area (TPSA) is 61.3 Å². The van der Waals surface area contributed by atoms with Crippen LogP contribution in [0.15, 0.2) is 22.6 Å². The maximum Gasteiger partial charge on any atom is 0.195 e. The molecule has 0 atom stereocenters. The lowest BCUT2D eigenvalue weighted by molar-refractivity contribution is 0.415. The highest BCUT2D eigenvalue weighted by Gasteiger charge is 2.06. The second-order valence-electron chi connectivity index (χ2n) is 3.69. The number of ether oxygens (including phenoxy) is 1. The van der Waals surface area contributed by atoms with E-state index in [0.717, 1.165) is 42.0 Å². The Kier molecular flexibility index (Phi) is 3.41. The lowest BCUT2D eigenvalue weighted by Crippen LogP contribution is -1.98. The van der Waals surface area contributed by atoms with Crippen molar-refractivity contribution in [3.05, 3.63) is 24.1 Å². The molecule has 0 spiro atoms. The van der Waals surface area contributed by atoms with Gasteiger partial charge in [-0.3, -0.25) is 0 Å². The predicted octanol–water partition coefficient (Wildman–Crippen LogP) is 2.12. The third kappa shape index (κ3) is 2.33. The highest BCUT2D eigenvalue weighted by atomic mass is 16.5. The smallest absolute Gasteiger partial charge is 0.195 e. The number of aryl methyl sites for hydroxylation is 1. The molecule has 0 aliphatic carbocycles. The molecule has 0 aliphatic heterocycles. The van der Waals surface area contributed by atoms with E-state index < -0.39 is 0 Å². The predicted molar refractivity (Wildman–Crippen MR) is 62.6 cm³/mol. The van der Waals surface area contributed by atoms with Crippen LogP contribution in [0.2, 0.25) is 0 Å². The molecule has 86 valence electrons. The van der Waals surface area contributed by atoms with Crippen molar-refractivity contribution in [2.24, 2.45) is 5.73 Å². The molecule has 0 saturated carbocycles. The normalized spacial score (nSPS) is 10.9. The third-order valence-electron chi connectivity index (χ3n) is 2.48. The summed E-state index contributed by atoms with van der Waals surface area (Å²) in [6, 6.07) is 5.63. The van der Waals surface area contributed by atoms with Crippen molar-refractivity contribution in [3.63, 3.8) is 0 Å². The molecule has 0 bridgehead atoms. The Balaban J connectivity index is 2.16. The first-order valence-electron chi connectivity index (χ1n) is 5.47. The van der Waals surface area contributed by atoms with Crippen LogP contribution in [0, 0.1) is 0 Å². The molecule has 1 aromatic heterocycles. The lowest BCUT2D eigenvalue weighted by atomic mass is 10.2. The number of hydrogen-bond donors (Lipinski definition) is 1. The van der Waals surface area contributed by atoms with Gasteiger partial charge >= 0.3 is 0 Å². The van der Waals surface area contributed by atoms with E-state index in [0.29, 0.717) is 6.54 Å². The molecule has 1 aromatic carbocycles. The zero-order valence-corrected chi connectivity index (χ0v) is 9.40. The van der Waals surface area contributed by atoms with E-state index in [4.69, 9.17) is 14.9 Å². The Bertz CT molecular complexity index is 465. The summed E-state index contributed by atoms with van der Waals surface area (Å²) in [4.78, 5) is 4.41. The van der Waals surface area contributed by atoms with E-state index >= 15 is 0 Å². The quantitative estimate of drug-likeness (QED) is 0.784. The van der Waals surface area contributed by atoms with Gasteiger partial charge in [-0.05, 0) is 31.5 Å². The minimum Gasteiger partial charge on any atom is -0.497 e. The number of benzene rings is 1. The molecule has 0 radical (unpaired) electrons. The zero-order chi connectivity index (χ0) is 11.4. The fourth-order valence-electron chi connectivity index (χ4n) is 1.61. The number of nitrogens with two attached hydrogens (primary N) is 1. The lowest BCUT2D eigenvalue weighted by Gasteiger charge is -1.95. The fourth-order valence-corrected chi connectivity index (χ4v) is 1.61. The Hall–Kier alpha value is -1.55. The number of aromatic nitrogens is 1. The summed E-state index contributed by atoms with van der Waals surface area (Å²) in [6.45, 7) is 0.716. The van der Waals surface area contributed by atoms with Crippen LogP contribution in [0.25, 0.3) is 11.1 Å². The van der Waals surface area contributed by atoms with Crippen LogP contribution in [0.4, 0.5) is 0 Å².